The second-order valence-electron chi connectivity index (χ2n) is 7.31. The third-order valence-electron chi connectivity index (χ3n) is 4.49. The van der Waals surface area contributed by atoms with Crippen LogP contribution >= 0.6 is 0 Å². The Morgan fingerprint density at radius 1 is 1.17 bits per heavy atom. The molecule has 1 aromatic rings. The topological polar surface area (TPSA) is 65.1 Å². The average Bonchev–Trinajstić information content (AvgIpc) is 2.91. The Bertz CT molecular complexity index is 823. The summed E-state index contributed by atoms with van der Waals surface area (Å²) >= 11 is 0. The molecule has 0 saturated carbocycles. The number of benzene rings is 1. The van der Waals surface area contributed by atoms with Crippen molar-refractivity contribution < 1.29 is 23.8 Å². The fourth-order valence-corrected chi connectivity index (χ4v) is 3.19. The lowest BCUT2D eigenvalue weighted by molar-refractivity contribution is -0.136. The van der Waals surface area contributed by atoms with Crippen molar-refractivity contribution in [1.29, 1.82) is 0 Å². The van der Waals surface area contributed by atoms with Crippen molar-refractivity contribution in [1.82, 2.24) is 4.90 Å². The molecule has 0 saturated heterocycles. The van der Waals surface area contributed by atoms with Crippen LogP contribution in [0.3, 0.4) is 0 Å². The van der Waals surface area contributed by atoms with E-state index in [1.165, 1.54) is 7.11 Å². The van der Waals surface area contributed by atoms with Gasteiger partial charge in [-0.2, -0.15) is 0 Å². The van der Waals surface area contributed by atoms with Crippen molar-refractivity contribution in [3.63, 3.8) is 0 Å². The van der Waals surface area contributed by atoms with Crippen LogP contribution in [0.15, 0.2) is 35.0 Å². The van der Waals surface area contributed by atoms with E-state index in [-0.39, 0.29) is 11.8 Å². The van der Waals surface area contributed by atoms with E-state index in [2.05, 4.69) is 0 Å². The van der Waals surface area contributed by atoms with Gasteiger partial charge in [0.05, 0.1) is 31.5 Å². The van der Waals surface area contributed by atoms with Gasteiger partial charge < -0.3 is 19.1 Å². The van der Waals surface area contributed by atoms with E-state index >= 15 is 0 Å². The minimum Gasteiger partial charge on any atom is -0.490 e. The van der Waals surface area contributed by atoms with Gasteiger partial charge in [-0.15, -0.1) is 0 Å². The average molecular weight is 402 g/mol. The monoisotopic (exact) mass is 401 g/mol. The van der Waals surface area contributed by atoms with Crippen LogP contribution in [0.25, 0.3) is 6.08 Å². The van der Waals surface area contributed by atoms with Gasteiger partial charge in [-0.3, -0.25) is 4.79 Å². The smallest absolute Gasteiger partial charge is 0.340 e. The minimum absolute atomic E-state index is 0.194. The highest BCUT2D eigenvalue weighted by molar-refractivity contribution is 6.16. The molecule has 1 amide bonds. The van der Waals surface area contributed by atoms with Crippen LogP contribution in [0, 0.1) is 5.92 Å². The summed E-state index contributed by atoms with van der Waals surface area (Å²) in [5, 5.41) is 0. The molecule has 1 aliphatic heterocycles. The number of carbonyl (C=O) groups excluding carboxylic acids is 2. The predicted octanol–water partition coefficient (Wildman–Crippen LogP) is 4.20. The van der Waals surface area contributed by atoms with Crippen molar-refractivity contribution in [3.8, 4) is 11.5 Å². The van der Waals surface area contributed by atoms with Crippen molar-refractivity contribution >= 4 is 18.0 Å². The molecule has 0 N–H and O–H groups in total. The lowest BCUT2D eigenvalue weighted by Crippen LogP contribution is -2.28. The minimum atomic E-state index is -0.513. The molecular weight excluding hydrogens is 370 g/mol. The summed E-state index contributed by atoms with van der Waals surface area (Å²) in [4.78, 5) is 27.1. The predicted molar refractivity (Wildman–Crippen MR) is 113 cm³/mol. The standard InChI is InChI=1S/C23H31NO5/c1-7-11-29-19-10-9-17(13-20(19)28-8-2)12-18-21(23(26)27-6)16(5)24(22(18)25)14-15(3)4/h9-10,12-13,15H,7-8,11,14H2,1-6H3/b18-12-. The van der Waals surface area contributed by atoms with Gasteiger partial charge in [0.2, 0.25) is 0 Å². The second-order valence-corrected chi connectivity index (χ2v) is 7.31. The number of rotatable bonds is 9. The molecule has 0 bridgehead atoms. The lowest BCUT2D eigenvalue weighted by atomic mass is 10.0. The largest absolute Gasteiger partial charge is 0.490 e. The van der Waals surface area contributed by atoms with E-state index in [9.17, 15) is 9.59 Å². The Kier molecular flexibility index (Phi) is 7.88. The van der Waals surface area contributed by atoms with Crippen LogP contribution in [0.2, 0.25) is 0 Å². The first kappa shape index (κ1) is 22.5. The molecule has 0 spiro atoms. The number of allylic oxidation sites excluding steroid dienone is 1. The summed E-state index contributed by atoms with van der Waals surface area (Å²) in [6.07, 6.45) is 2.61. The summed E-state index contributed by atoms with van der Waals surface area (Å²) < 4.78 is 16.4. The highest BCUT2D eigenvalue weighted by Crippen LogP contribution is 2.34. The number of carbonyl (C=O) groups is 2. The second kappa shape index (κ2) is 10.1. The van der Waals surface area contributed by atoms with E-state index < -0.39 is 5.97 Å². The molecule has 158 valence electrons. The molecule has 1 aromatic carbocycles. The molecule has 0 aromatic heterocycles. The fraction of sp³-hybridized carbons (Fsp3) is 0.478. The summed E-state index contributed by atoms with van der Waals surface area (Å²) in [5.74, 6) is 0.837. The number of hydrogen-bond acceptors (Lipinski definition) is 5. The van der Waals surface area contributed by atoms with Crippen molar-refractivity contribution in [3.05, 3.63) is 40.6 Å². The molecule has 29 heavy (non-hydrogen) atoms. The van der Waals surface area contributed by atoms with E-state index in [1.54, 1.807) is 17.9 Å². The number of hydrogen-bond donors (Lipinski definition) is 0. The molecule has 1 aliphatic rings. The van der Waals surface area contributed by atoms with E-state index in [4.69, 9.17) is 14.2 Å². The summed E-state index contributed by atoms with van der Waals surface area (Å²) in [5.41, 5.74) is 2.01. The maximum Gasteiger partial charge on any atom is 0.340 e. The number of amides is 1. The molecule has 0 fully saturated rings. The molecule has 0 atom stereocenters. The van der Waals surface area contributed by atoms with Crippen molar-refractivity contribution in [2.75, 3.05) is 26.9 Å². The van der Waals surface area contributed by atoms with Crippen molar-refractivity contribution in [2.24, 2.45) is 5.92 Å². The molecule has 6 nitrogen and oxygen atoms in total. The molecule has 2 rings (SSSR count). The molecule has 0 aliphatic carbocycles. The maximum atomic E-state index is 13.1. The fourth-order valence-electron chi connectivity index (χ4n) is 3.19. The number of esters is 1. The van der Waals surface area contributed by atoms with E-state index in [1.807, 2.05) is 45.9 Å². The molecule has 0 radical (unpaired) electrons. The summed E-state index contributed by atoms with van der Waals surface area (Å²) in [6, 6.07) is 5.50. The first-order chi connectivity index (χ1) is 13.8. The Morgan fingerprint density at radius 2 is 1.90 bits per heavy atom. The summed E-state index contributed by atoms with van der Waals surface area (Å²) in [6.45, 7) is 11.4. The van der Waals surface area contributed by atoms with Gasteiger partial charge in [0.1, 0.15) is 0 Å². The highest BCUT2D eigenvalue weighted by Gasteiger charge is 2.37. The normalized spacial score (nSPS) is 15.5. The third-order valence-corrected chi connectivity index (χ3v) is 4.49. The van der Waals surface area contributed by atoms with Crippen LogP contribution in [0.4, 0.5) is 0 Å². The van der Waals surface area contributed by atoms with Gasteiger partial charge in [0, 0.05) is 12.2 Å². The van der Waals surface area contributed by atoms with Gasteiger partial charge in [-0.05, 0) is 50.0 Å². The zero-order valence-corrected chi connectivity index (χ0v) is 18.2. The highest BCUT2D eigenvalue weighted by atomic mass is 16.5. The van der Waals surface area contributed by atoms with E-state index in [0.717, 1.165) is 12.0 Å². The van der Waals surface area contributed by atoms with Crippen LogP contribution in [-0.2, 0) is 14.3 Å². The van der Waals surface area contributed by atoms with Crippen LogP contribution in [0.1, 0.15) is 46.6 Å². The number of nitrogens with zero attached hydrogens (tertiary/aromatic N) is 1. The van der Waals surface area contributed by atoms with Gasteiger partial charge in [0.15, 0.2) is 11.5 Å². The van der Waals surface area contributed by atoms with Crippen LogP contribution in [-0.4, -0.2) is 43.6 Å². The molecule has 6 heteroatoms. The SMILES string of the molecule is CCCOc1ccc(/C=C2\C(=O)N(CC(C)C)C(C)=C2C(=O)OC)cc1OCC. The van der Waals surface area contributed by atoms with Crippen LogP contribution < -0.4 is 9.47 Å². The quantitative estimate of drug-likeness (QED) is 0.458. The maximum absolute atomic E-state index is 13.1. The third kappa shape index (κ3) is 5.19. The summed E-state index contributed by atoms with van der Waals surface area (Å²) in [7, 11) is 1.32. The van der Waals surface area contributed by atoms with Gasteiger partial charge in [-0.25, -0.2) is 4.79 Å². The Morgan fingerprint density at radius 3 is 2.48 bits per heavy atom. The Balaban J connectivity index is 2.48. The molecule has 1 heterocycles. The van der Waals surface area contributed by atoms with E-state index in [0.29, 0.717) is 48.1 Å². The zero-order valence-electron chi connectivity index (χ0n) is 18.2. The Labute approximate surface area is 173 Å². The van der Waals surface area contributed by atoms with Crippen molar-refractivity contribution in [2.45, 2.75) is 41.0 Å². The van der Waals surface area contributed by atoms with Crippen LogP contribution in [0.5, 0.6) is 11.5 Å². The van der Waals surface area contributed by atoms with Gasteiger partial charge >= 0.3 is 5.97 Å². The zero-order chi connectivity index (χ0) is 21.6. The van der Waals surface area contributed by atoms with Gasteiger partial charge in [0.25, 0.3) is 5.91 Å². The molecule has 0 unspecified atom stereocenters. The number of methoxy groups -OCH3 is 1. The number of ether oxygens (including phenoxy) is 3. The lowest BCUT2D eigenvalue weighted by Gasteiger charge is -2.20. The first-order valence-electron chi connectivity index (χ1n) is 10.1. The Hall–Kier alpha value is -2.76. The molecular formula is C23H31NO5. The first-order valence-corrected chi connectivity index (χ1v) is 10.1. The van der Waals surface area contributed by atoms with Gasteiger partial charge in [-0.1, -0.05) is 26.8 Å².